The van der Waals surface area contributed by atoms with E-state index in [1.54, 1.807) is 18.3 Å². The van der Waals surface area contributed by atoms with Crippen molar-refractivity contribution in [3.8, 4) is 21.9 Å². The van der Waals surface area contributed by atoms with Crippen LogP contribution in [0.3, 0.4) is 0 Å². The molecule has 0 radical (unpaired) electrons. The van der Waals surface area contributed by atoms with Crippen LogP contribution < -0.4 is 10.9 Å². The van der Waals surface area contributed by atoms with E-state index in [1.165, 1.54) is 18.4 Å². The molecule has 3 aliphatic heterocycles. The Hall–Kier alpha value is -4.42. The van der Waals surface area contributed by atoms with E-state index >= 15 is 0 Å². The van der Waals surface area contributed by atoms with Crippen LogP contribution in [0.2, 0.25) is 0 Å². The maximum absolute atomic E-state index is 14.2. The third kappa shape index (κ3) is 4.41. The summed E-state index contributed by atoms with van der Waals surface area (Å²) in [4.78, 5) is 29.9. The summed E-state index contributed by atoms with van der Waals surface area (Å²) in [5, 5.41) is 14.2. The lowest BCUT2D eigenvalue weighted by molar-refractivity contribution is -0.117. The number of rotatable bonds is 7. The zero-order valence-electron chi connectivity index (χ0n) is 26.9. The van der Waals surface area contributed by atoms with Crippen LogP contribution in [-0.2, 0) is 30.7 Å². The Bertz CT molecular complexity index is 2280. The van der Waals surface area contributed by atoms with E-state index in [4.69, 9.17) is 19.1 Å². The van der Waals surface area contributed by atoms with Crippen molar-refractivity contribution in [1.29, 1.82) is 0 Å². The average molecular weight is 661 g/mol. The summed E-state index contributed by atoms with van der Waals surface area (Å²) in [6.07, 6.45) is 13.3. The van der Waals surface area contributed by atoms with Crippen LogP contribution >= 0.6 is 11.3 Å². The van der Waals surface area contributed by atoms with Crippen LogP contribution in [0, 0.1) is 12.3 Å². The van der Waals surface area contributed by atoms with Crippen LogP contribution in [-0.4, -0.2) is 47.2 Å². The van der Waals surface area contributed by atoms with Gasteiger partial charge in [0.25, 0.3) is 5.56 Å². The first-order valence-corrected chi connectivity index (χ1v) is 18.0. The predicted octanol–water partition coefficient (Wildman–Crippen LogP) is 6.62. The molecule has 48 heavy (non-hydrogen) atoms. The van der Waals surface area contributed by atoms with Gasteiger partial charge in [-0.15, -0.1) is 21.5 Å². The molecule has 1 atom stereocenters. The van der Waals surface area contributed by atoms with E-state index in [9.17, 15) is 4.79 Å². The smallest absolute Gasteiger partial charge is 0.276 e. The Morgan fingerprint density at radius 1 is 1.06 bits per heavy atom. The van der Waals surface area contributed by atoms with Gasteiger partial charge < -0.3 is 14.5 Å². The molecule has 6 aromatic rings. The van der Waals surface area contributed by atoms with Crippen LogP contribution in [0.5, 0.6) is 0 Å². The van der Waals surface area contributed by atoms with Crippen LogP contribution in [0.15, 0.2) is 45.9 Å². The number of aryl methyl sites for hydroxylation is 4. The third-order valence-electron chi connectivity index (χ3n) is 11.2. The number of pyridine rings is 3. The summed E-state index contributed by atoms with van der Waals surface area (Å²) in [6, 6.07) is 8.54. The van der Waals surface area contributed by atoms with E-state index < -0.39 is 0 Å². The zero-order chi connectivity index (χ0) is 32.0. The van der Waals surface area contributed by atoms with Gasteiger partial charge in [-0.05, 0) is 92.4 Å². The molecule has 244 valence electrons. The van der Waals surface area contributed by atoms with Crippen LogP contribution in [0.1, 0.15) is 73.8 Å². The minimum absolute atomic E-state index is 0.0179. The molecule has 2 bridgehead atoms. The second-order valence-corrected chi connectivity index (χ2v) is 15.1. The van der Waals surface area contributed by atoms with Gasteiger partial charge in [0, 0.05) is 48.5 Å². The first kappa shape index (κ1) is 28.6. The van der Waals surface area contributed by atoms with Crippen molar-refractivity contribution in [3.05, 3.63) is 69.9 Å². The fraction of sp³-hybridized carbons (Fsp3) is 0.444. The lowest BCUT2D eigenvalue weighted by Crippen LogP contribution is -2.42. The van der Waals surface area contributed by atoms with Crippen molar-refractivity contribution in [2.75, 3.05) is 11.9 Å². The van der Waals surface area contributed by atoms with Gasteiger partial charge in [-0.3, -0.25) is 14.5 Å². The highest BCUT2D eigenvalue weighted by Crippen LogP contribution is 2.49. The number of ether oxygens (including phenoxy) is 1. The number of thiophene rings is 1. The molecule has 0 aromatic carbocycles. The molecule has 1 N–H and O–H groups in total. The minimum atomic E-state index is -0.0179. The molecule has 1 saturated carbocycles. The second kappa shape index (κ2) is 10.8. The van der Waals surface area contributed by atoms with E-state index in [0.717, 1.165) is 107 Å². The molecular weight excluding hydrogens is 625 g/mol. The fourth-order valence-electron chi connectivity index (χ4n) is 8.67. The van der Waals surface area contributed by atoms with Crippen molar-refractivity contribution in [1.82, 2.24) is 34.5 Å². The van der Waals surface area contributed by atoms with Crippen LogP contribution in [0.4, 0.5) is 5.82 Å². The van der Waals surface area contributed by atoms with Crippen LogP contribution in [0.25, 0.3) is 43.0 Å². The number of nitrogens with one attached hydrogen (secondary N) is 1. The highest BCUT2D eigenvalue weighted by atomic mass is 32.1. The van der Waals surface area contributed by atoms with E-state index in [2.05, 4.69) is 37.3 Å². The molecule has 9 heterocycles. The van der Waals surface area contributed by atoms with E-state index in [-0.39, 0.29) is 17.0 Å². The topological polar surface area (TPSA) is 126 Å². The standard InChI is InChI=1S/C36H36N8O3S/c1-20-41-42-34(47-20)28-26(9-13-36-11-7-22(8-12-36)46-19-36)40-33-30(35(45)44-17-3-16-43(33)44)29(28)27-18-21-10-15-38-32(31(21)48-27)39-25-6-5-24-23(25)4-2-14-37-24/h2,4,10,14-15,18,22,25H,3,5-9,11-13,16-17,19H2,1H3,(H,38,39)/t22?,25-,36?/m0/s1. The quantitative estimate of drug-likeness (QED) is 0.201. The summed E-state index contributed by atoms with van der Waals surface area (Å²) in [5.74, 6) is 1.73. The molecular formula is C36H36N8O3S. The normalized spacial score (nSPS) is 22.9. The first-order valence-electron chi connectivity index (χ1n) is 17.2. The Morgan fingerprint density at radius 2 is 1.96 bits per heavy atom. The summed E-state index contributed by atoms with van der Waals surface area (Å²) in [5.41, 5.74) is 5.78. The molecule has 6 aromatic heterocycles. The molecule has 2 saturated heterocycles. The Labute approximate surface area is 280 Å². The monoisotopic (exact) mass is 660 g/mol. The SMILES string of the molecule is Cc1nnc(-c2c(CCC34CCC(CC3)OC4)nc3c(c2-c2cc4ccnc(N[C@H]5CCc6ncccc65)c4s2)c(=O)n2n3CCC2)o1. The molecule has 0 amide bonds. The predicted molar refractivity (Wildman–Crippen MR) is 183 cm³/mol. The van der Waals surface area contributed by atoms with Crippen molar-refractivity contribution < 1.29 is 9.15 Å². The lowest BCUT2D eigenvalue weighted by Gasteiger charge is -2.46. The summed E-state index contributed by atoms with van der Waals surface area (Å²) in [7, 11) is 0. The molecule has 3 fully saturated rings. The first-order chi connectivity index (χ1) is 23.5. The van der Waals surface area contributed by atoms with Gasteiger partial charge in [-0.2, -0.15) is 0 Å². The van der Waals surface area contributed by atoms with Crippen molar-refractivity contribution in [2.45, 2.75) is 89.9 Å². The molecule has 11 nitrogen and oxygen atoms in total. The second-order valence-electron chi connectivity index (χ2n) is 14.0. The summed E-state index contributed by atoms with van der Waals surface area (Å²) >= 11 is 1.65. The Kier molecular flexibility index (Phi) is 6.43. The van der Waals surface area contributed by atoms with E-state index in [0.29, 0.717) is 29.8 Å². The van der Waals surface area contributed by atoms with Crippen molar-refractivity contribution >= 4 is 38.3 Å². The number of hydrogen-bond acceptors (Lipinski definition) is 10. The van der Waals surface area contributed by atoms with Gasteiger partial charge in [0.1, 0.15) is 5.82 Å². The van der Waals surface area contributed by atoms with E-state index in [1.807, 2.05) is 29.2 Å². The van der Waals surface area contributed by atoms with Gasteiger partial charge in [0.2, 0.25) is 11.8 Å². The van der Waals surface area contributed by atoms with Crippen molar-refractivity contribution in [2.24, 2.45) is 5.41 Å². The number of fused-ring (bicyclic) bond motifs is 8. The zero-order valence-corrected chi connectivity index (χ0v) is 27.7. The Balaban J connectivity index is 1.16. The number of anilines is 1. The highest BCUT2D eigenvalue weighted by Gasteiger charge is 2.41. The maximum Gasteiger partial charge on any atom is 0.276 e. The number of aromatic nitrogens is 7. The molecule has 0 unspecified atom stereocenters. The van der Waals surface area contributed by atoms with Gasteiger partial charge in [0.05, 0.1) is 40.1 Å². The lowest BCUT2D eigenvalue weighted by atomic mass is 9.68. The summed E-state index contributed by atoms with van der Waals surface area (Å²) in [6.45, 7) is 4.07. The molecule has 11 rings (SSSR count). The Morgan fingerprint density at radius 3 is 2.79 bits per heavy atom. The largest absolute Gasteiger partial charge is 0.421 e. The number of nitrogens with zero attached hydrogens (tertiary/aromatic N) is 7. The minimum Gasteiger partial charge on any atom is -0.421 e. The average Bonchev–Trinajstić information content (AvgIpc) is 3.96. The van der Waals surface area contributed by atoms with Gasteiger partial charge in [0.15, 0.2) is 5.65 Å². The van der Waals surface area contributed by atoms with Gasteiger partial charge >= 0.3 is 0 Å². The van der Waals surface area contributed by atoms with Gasteiger partial charge in [-0.1, -0.05) is 6.07 Å². The molecule has 0 spiro atoms. The van der Waals surface area contributed by atoms with Gasteiger partial charge in [-0.25, -0.2) is 14.6 Å². The maximum atomic E-state index is 14.2. The number of hydrogen-bond donors (Lipinski definition) is 1. The molecule has 5 aliphatic rings. The highest BCUT2D eigenvalue weighted by molar-refractivity contribution is 7.23. The summed E-state index contributed by atoms with van der Waals surface area (Å²) < 4.78 is 17.4. The van der Waals surface area contributed by atoms with Crippen molar-refractivity contribution in [3.63, 3.8) is 0 Å². The molecule has 12 heteroatoms. The molecule has 2 aliphatic carbocycles. The third-order valence-corrected chi connectivity index (χ3v) is 12.4. The fourth-order valence-corrected chi connectivity index (χ4v) is 9.84.